The summed E-state index contributed by atoms with van der Waals surface area (Å²) < 4.78 is 1.74. The van der Waals surface area contributed by atoms with Crippen molar-refractivity contribution in [3.05, 3.63) is 113 Å². The van der Waals surface area contributed by atoms with Crippen LogP contribution in [0.4, 0.5) is 11.6 Å². The first-order valence-corrected chi connectivity index (χ1v) is 11.9. The zero-order valence-electron chi connectivity index (χ0n) is 19.3. The van der Waals surface area contributed by atoms with Crippen molar-refractivity contribution in [2.24, 2.45) is 0 Å². The van der Waals surface area contributed by atoms with Crippen LogP contribution in [0.25, 0.3) is 22.2 Å². The van der Waals surface area contributed by atoms with Crippen molar-refractivity contribution in [1.82, 2.24) is 19.7 Å². The van der Waals surface area contributed by atoms with Crippen LogP contribution in [-0.4, -0.2) is 25.7 Å². The SMILES string of the molecule is CC1=C(C(=O)Nc2cccnc2)C(c2ccccc2Cl)n2nc(-c3cccc4ccccc34)nc2N1. The second-order valence-corrected chi connectivity index (χ2v) is 8.92. The number of hydrogen-bond acceptors (Lipinski definition) is 5. The van der Waals surface area contributed by atoms with E-state index in [1.54, 1.807) is 29.2 Å². The number of fused-ring (bicyclic) bond motifs is 2. The molecule has 1 aliphatic heterocycles. The number of benzene rings is 3. The Labute approximate surface area is 212 Å². The topological polar surface area (TPSA) is 84.7 Å². The van der Waals surface area contributed by atoms with Gasteiger partial charge in [0, 0.05) is 28.0 Å². The molecule has 0 aliphatic carbocycles. The van der Waals surface area contributed by atoms with Gasteiger partial charge in [-0.1, -0.05) is 72.3 Å². The number of rotatable bonds is 4. The molecule has 0 radical (unpaired) electrons. The summed E-state index contributed by atoms with van der Waals surface area (Å²) in [6.45, 7) is 1.86. The largest absolute Gasteiger partial charge is 0.328 e. The first kappa shape index (κ1) is 22.0. The predicted molar refractivity (Wildman–Crippen MR) is 142 cm³/mol. The Morgan fingerprint density at radius 3 is 2.64 bits per heavy atom. The average Bonchev–Trinajstić information content (AvgIpc) is 3.32. The first-order valence-electron chi connectivity index (χ1n) is 11.5. The number of nitrogens with one attached hydrogen (secondary N) is 2. The molecule has 0 saturated heterocycles. The molecule has 3 aromatic carbocycles. The quantitative estimate of drug-likeness (QED) is 0.318. The first-order chi connectivity index (χ1) is 17.6. The van der Waals surface area contributed by atoms with Crippen molar-refractivity contribution >= 4 is 39.9 Å². The summed E-state index contributed by atoms with van der Waals surface area (Å²) in [4.78, 5) is 22.5. The van der Waals surface area contributed by atoms with Gasteiger partial charge in [-0.15, -0.1) is 5.10 Å². The lowest BCUT2D eigenvalue weighted by Gasteiger charge is -2.29. The minimum absolute atomic E-state index is 0.272. The number of pyridine rings is 1. The van der Waals surface area contributed by atoms with Crippen molar-refractivity contribution in [2.45, 2.75) is 13.0 Å². The van der Waals surface area contributed by atoms with Crippen LogP contribution < -0.4 is 10.6 Å². The number of allylic oxidation sites excluding steroid dienone is 1. The zero-order valence-corrected chi connectivity index (χ0v) is 20.1. The highest BCUT2D eigenvalue weighted by Gasteiger charge is 2.35. The zero-order chi connectivity index (χ0) is 24.6. The second kappa shape index (κ2) is 8.94. The third-order valence-electron chi connectivity index (χ3n) is 6.25. The summed E-state index contributed by atoms with van der Waals surface area (Å²) in [5.74, 6) is 0.831. The van der Waals surface area contributed by atoms with Crippen LogP contribution in [0.15, 0.2) is 103 Å². The lowest BCUT2D eigenvalue weighted by Crippen LogP contribution is -2.31. The van der Waals surface area contributed by atoms with Gasteiger partial charge in [-0.2, -0.15) is 4.98 Å². The van der Waals surface area contributed by atoms with Crippen LogP contribution in [0, 0.1) is 0 Å². The molecular weight excluding hydrogens is 472 g/mol. The van der Waals surface area contributed by atoms with Crippen LogP contribution >= 0.6 is 11.6 Å². The van der Waals surface area contributed by atoms with Crippen molar-refractivity contribution in [2.75, 3.05) is 10.6 Å². The number of halogens is 1. The lowest BCUT2D eigenvalue weighted by molar-refractivity contribution is -0.113. The Morgan fingerprint density at radius 1 is 1.00 bits per heavy atom. The van der Waals surface area contributed by atoms with E-state index in [1.807, 2.05) is 55.5 Å². The molecule has 0 fully saturated rings. The Morgan fingerprint density at radius 2 is 1.81 bits per heavy atom. The van der Waals surface area contributed by atoms with Crippen LogP contribution in [0.5, 0.6) is 0 Å². The molecule has 1 unspecified atom stereocenters. The highest BCUT2D eigenvalue weighted by atomic mass is 35.5. The number of anilines is 2. The molecule has 5 aromatic rings. The van der Waals surface area contributed by atoms with E-state index in [2.05, 4.69) is 33.8 Å². The van der Waals surface area contributed by atoms with E-state index >= 15 is 0 Å². The van der Waals surface area contributed by atoms with E-state index < -0.39 is 6.04 Å². The Hall–Kier alpha value is -4.49. The van der Waals surface area contributed by atoms with Crippen molar-refractivity contribution in [3.8, 4) is 11.4 Å². The number of carbonyl (C=O) groups is 1. The summed E-state index contributed by atoms with van der Waals surface area (Å²) in [6, 6.07) is 24.7. The van der Waals surface area contributed by atoms with E-state index in [0.717, 1.165) is 21.9 Å². The molecule has 7 nitrogen and oxygen atoms in total. The molecule has 36 heavy (non-hydrogen) atoms. The number of hydrogen-bond donors (Lipinski definition) is 2. The fourth-order valence-electron chi connectivity index (χ4n) is 4.60. The van der Waals surface area contributed by atoms with Gasteiger partial charge in [0.25, 0.3) is 5.91 Å². The summed E-state index contributed by atoms with van der Waals surface area (Å²) in [5, 5.41) is 13.8. The monoisotopic (exact) mass is 492 g/mol. The minimum atomic E-state index is -0.581. The van der Waals surface area contributed by atoms with E-state index in [-0.39, 0.29) is 5.91 Å². The standard InChI is InChI=1S/C28H21ClN6O/c1-17-24(27(36)32-19-10-7-15-30-16-19)25(22-12-4-5-14-23(22)29)35-28(31-17)33-26(34-35)21-13-6-9-18-8-2-3-11-20(18)21/h2-16,25H,1H3,(H,32,36)(H,31,33,34). The number of nitrogens with zero attached hydrogens (tertiary/aromatic N) is 4. The lowest BCUT2D eigenvalue weighted by atomic mass is 9.95. The normalized spacial score (nSPS) is 14.9. The van der Waals surface area contributed by atoms with Gasteiger partial charge < -0.3 is 10.6 Å². The van der Waals surface area contributed by atoms with Gasteiger partial charge >= 0.3 is 0 Å². The third-order valence-corrected chi connectivity index (χ3v) is 6.59. The number of aromatic nitrogens is 4. The second-order valence-electron chi connectivity index (χ2n) is 8.51. The maximum absolute atomic E-state index is 13.6. The van der Waals surface area contributed by atoms with Gasteiger partial charge in [0.1, 0.15) is 6.04 Å². The highest BCUT2D eigenvalue weighted by molar-refractivity contribution is 6.31. The summed E-state index contributed by atoms with van der Waals surface area (Å²) in [7, 11) is 0. The maximum atomic E-state index is 13.6. The molecule has 0 spiro atoms. The maximum Gasteiger partial charge on any atom is 0.255 e. The van der Waals surface area contributed by atoms with Gasteiger partial charge in [0.2, 0.25) is 5.95 Å². The van der Waals surface area contributed by atoms with Gasteiger partial charge in [-0.05, 0) is 35.9 Å². The van der Waals surface area contributed by atoms with Crippen molar-refractivity contribution in [1.29, 1.82) is 0 Å². The molecule has 0 saturated carbocycles. The molecule has 6 rings (SSSR count). The van der Waals surface area contributed by atoms with E-state index in [4.69, 9.17) is 21.7 Å². The molecule has 3 heterocycles. The molecule has 1 atom stereocenters. The average molecular weight is 493 g/mol. The molecule has 2 N–H and O–H groups in total. The molecule has 1 aliphatic rings. The number of amides is 1. The van der Waals surface area contributed by atoms with E-state index in [0.29, 0.717) is 33.8 Å². The highest BCUT2D eigenvalue weighted by Crippen LogP contribution is 2.39. The van der Waals surface area contributed by atoms with E-state index in [9.17, 15) is 4.79 Å². The summed E-state index contributed by atoms with van der Waals surface area (Å²) in [6.07, 6.45) is 3.26. The Kier molecular flexibility index (Phi) is 5.47. The molecule has 0 bridgehead atoms. The van der Waals surface area contributed by atoms with E-state index in [1.165, 1.54) is 0 Å². The molecule has 8 heteroatoms. The van der Waals surface area contributed by atoms with Gasteiger partial charge in [0.15, 0.2) is 5.82 Å². The predicted octanol–water partition coefficient (Wildman–Crippen LogP) is 6.07. The van der Waals surface area contributed by atoms with Gasteiger partial charge in [-0.3, -0.25) is 9.78 Å². The van der Waals surface area contributed by atoms with Gasteiger partial charge in [0.05, 0.1) is 17.5 Å². The van der Waals surface area contributed by atoms with Crippen LogP contribution in [0.3, 0.4) is 0 Å². The summed E-state index contributed by atoms with van der Waals surface area (Å²) in [5.41, 5.74) is 3.43. The molecule has 1 amide bonds. The van der Waals surface area contributed by atoms with Gasteiger partial charge in [-0.25, -0.2) is 4.68 Å². The molecule has 176 valence electrons. The molecular formula is C28H21ClN6O. The third kappa shape index (κ3) is 3.79. The Balaban J connectivity index is 1.50. The minimum Gasteiger partial charge on any atom is -0.328 e. The van der Waals surface area contributed by atoms with Crippen LogP contribution in [0.2, 0.25) is 5.02 Å². The van der Waals surface area contributed by atoms with Crippen molar-refractivity contribution < 1.29 is 4.79 Å². The smallest absolute Gasteiger partial charge is 0.255 e. The fraction of sp³-hybridized carbons (Fsp3) is 0.0714. The van der Waals surface area contributed by atoms with Crippen LogP contribution in [-0.2, 0) is 4.79 Å². The summed E-state index contributed by atoms with van der Waals surface area (Å²) >= 11 is 6.66. The fourth-order valence-corrected chi connectivity index (χ4v) is 4.84. The van der Waals surface area contributed by atoms with Crippen molar-refractivity contribution in [3.63, 3.8) is 0 Å². The molecule has 2 aromatic heterocycles. The number of carbonyl (C=O) groups excluding carboxylic acids is 1. The van der Waals surface area contributed by atoms with Crippen LogP contribution in [0.1, 0.15) is 18.5 Å². The Bertz CT molecular complexity index is 1640.